The number of aromatic nitrogens is 2. The third-order valence-corrected chi connectivity index (χ3v) is 3.29. The summed E-state index contributed by atoms with van der Waals surface area (Å²) in [4.78, 5) is 19.9. The molecule has 0 radical (unpaired) electrons. The maximum absolute atomic E-state index is 12.1. The average Bonchev–Trinajstić information content (AvgIpc) is 2.54. The number of nitrogen functional groups attached to an aromatic ring is 1. The number of hydrogen-bond donors (Lipinski definition) is 2. The van der Waals surface area contributed by atoms with E-state index >= 15 is 0 Å². The van der Waals surface area contributed by atoms with E-state index in [-0.39, 0.29) is 23.6 Å². The predicted molar refractivity (Wildman–Crippen MR) is 84.9 cm³/mol. The van der Waals surface area contributed by atoms with Crippen LogP contribution in [0.3, 0.4) is 0 Å². The summed E-state index contributed by atoms with van der Waals surface area (Å²) in [5.74, 6) is 0.00265. The standard InChI is InChI=1S/C16H17F3N4O2/c1-10(23-15(24)11-4-6-21-13(20)8-11)12-2-3-14(22-9-12)25-7-5-16(17,18)19/h2-4,6,8-10H,5,7H2,1H3,(H2,20,21)(H,23,24). The summed E-state index contributed by atoms with van der Waals surface area (Å²) in [7, 11) is 0. The molecule has 0 bridgehead atoms. The SMILES string of the molecule is CC(NC(=O)c1ccnc(N)c1)c1ccc(OCCC(F)(F)F)nc1. The first-order valence-corrected chi connectivity index (χ1v) is 7.42. The molecule has 3 N–H and O–H groups in total. The highest BCUT2D eigenvalue weighted by molar-refractivity contribution is 5.94. The zero-order valence-corrected chi connectivity index (χ0v) is 13.4. The molecule has 0 saturated heterocycles. The molecule has 0 aliphatic rings. The van der Waals surface area contributed by atoms with Gasteiger partial charge in [-0.25, -0.2) is 9.97 Å². The maximum Gasteiger partial charge on any atom is 0.392 e. The lowest BCUT2D eigenvalue weighted by Crippen LogP contribution is -2.26. The molecule has 0 fully saturated rings. The number of pyridine rings is 2. The number of carbonyl (C=O) groups is 1. The van der Waals surface area contributed by atoms with Crippen LogP contribution in [-0.4, -0.2) is 28.7 Å². The second-order valence-corrected chi connectivity index (χ2v) is 5.31. The third-order valence-electron chi connectivity index (χ3n) is 3.29. The number of alkyl halides is 3. The van der Waals surface area contributed by atoms with Crippen molar-refractivity contribution >= 4 is 11.7 Å². The number of halogens is 3. The molecule has 2 aromatic rings. The summed E-state index contributed by atoms with van der Waals surface area (Å²) >= 11 is 0. The summed E-state index contributed by atoms with van der Waals surface area (Å²) in [5.41, 5.74) is 6.59. The normalized spacial score (nSPS) is 12.5. The molecular formula is C16H17F3N4O2. The lowest BCUT2D eigenvalue weighted by atomic mass is 10.1. The van der Waals surface area contributed by atoms with Gasteiger partial charge in [0.05, 0.1) is 19.1 Å². The van der Waals surface area contributed by atoms with Gasteiger partial charge < -0.3 is 15.8 Å². The topological polar surface area (TPSA) is 90.1 Å². The molecule has 0 spiro atoms. The Morgan fingerprint density at radius 3 is 2.68 bits per heavy atom. The third kappa shape index (κ3) is 5.94. The summed E-state index contributed by atoms with van der Waals surface area (Å²) in [6.45, 7) is 1.26. The number of amides is 1. The highest BCUT2D eigenvalue weighted by Crippen LogP contribution is 2.20. The van der Waals surface area contributed by atoms with Crippen molar-refractivity contribution in [2.45, 2.75) is 25.6 Å². The smallest absolute Gasteiger partial charge is 0.392 e. The first kappa shape index (κ1) is 18.5. The zero-order valence-electron chi connectivity index (χ0n) is 13.4. The van der Waals surface area contributed by atoms with Gasteiger partial charge in [-0.1, -0.05) is 6.07 Å². The van der Waals surface area contributed by atoms with E-state index in [1.165, 1.54) is 30.6 Å². The summed E-state index contributed by atoms with van der Waals surface area (Å²) < 4.78 is 41.1. The lowest BCUT2D eigenvalue weighted by molar-refractivity contribution is -0.139. The van der Waals surface area contributed by atoms with Gasteiger partial charge >= 0.3 is 6.18 Å². The van der Waals surface area contributed by atoms with Crippen LogP contribution in [0, 0.1) is 0 Å². The number of nitrogens with two attached hydrogens (primary N) is 1. The van der Waals surface area contributed by atoms with Crippen molar-refractivity contribution in [2.24, 2.45) is 0 Å². The van der Waals surface area contributed by atoms with Crippen molar-refractivity contribution in [1.29, 1.82) is 0 Å². The Hall–Kier alpha value is -2.84. The molecule has 2 heterocycles. The number of carbonyl (C=O) groups excluding carboxylic acids is 1. The fraction of sp³-hybridized carbons (Fsp3) is 0.312. The Morgan fingerprint density at radius 1 is 1.32 bits per heavy atom. The number of ether oxygens (including phenoxy) is 1. The van der Waals surface area contributed by atoms with E-state index in [0.29, 0.717) is 11.1 Å². The molecule has 0 aromatic carbocycles. The molecule has 0 aliphatic heterocycles. The van der Waals surface area contributed by atoms with Crippen molar-refractivity contribution in [3.05, 3.63) is 47.8 Å². The van der Waals surface area contributed by atoms with Crippen LogP contribution in [0.25, 0.3) is 0 Å². The monoisotopic (exact) mass is 354 g/mol. The fourth-order valence-corrected chi connectivity index (χ4v) is 1.96. The van der Waals surface area contributed by atoms with Crippen molar-refractivity contribution < 1.29 is 22.7 Å². The van der Waals surface area contributed by atoms with Gasteiger partial charge in [0, 0.05) is 24.0 Å². The van der Waals surface area contributed by atoms with E-state index in [1.54, 1.807) is 13.0 Å². The molecular weight excluding hydrogens is 337 g/mol. The van der Waals surface area contributed by atoms with E-state index in [9.17, 15) is 18.0 Å². The first-order chi connectivity index (χ1) is 11.7. The van der Waals surface area contributed by atoms with Crippen molar-refractivity contribution in [3.8, 4) is 5.88 Å². The minimum absolute atomic E-state index is 0.0911. The van der Waals surface area contributed by atoms with Crippen LogP contribution < -0.4 is 15.8 Å². The van der Waals surface area contributed by atoms with Gasteiger partial charge in [-0.3, -0.25) is 4.79 Å². The molecule has 0 aliphatic carbocycles. The second-order valence-electron chi connectivity index (χ2n) is 5.31. The Balaban J connectivity index is 1.91. The van der Waals surface area contributed by atoms with Crippen LogP contribution in [0.1, 0.15) is 35.3 Å². The van der Waals surface area contributed by atoms with E-state index in [2.05, 4.69) is 15.3 Å². The second kappa shape index (κ2) is 7.82. The quantitative estimate of drug-likeness (QED) is 0.832. The Bertz CT molecular complexity index is 720. The Morgan fingerprint density at radius 2 is 2.08 bits per heavy atom. The van der Waals surface area contributed by atoms with E-state index in [1.807, 2.05) is 0 Å². The molecule has 1 amide bonds. The zero-order chi connectivity index (χ0) is 18.4. The largest absolute Gasteiger partial charge is 0.477 e. The molecule has 134 valence electrons. The van der Waals surface area contributed by atoms with Crippen LogP contribution in [0.4, 0.5) is 19.0 Å². The minimum atomic E-state index is -4.27. The average molecular weight is 354 g/mol. The number of hydrogen-bond acceptors (Lipinski definition) is 5. The molecule has 25 heavy (non-hydrogen) atoms. The molecule has 9 heteroatoms. The summed E-state index contributed by atoms with van der Waals surface area (Å²) in [6.07, 6.45) is -2.44. The van der Waals surface area contributed by atoms with E-state index in [0.717, 1.165) is 0 Å². The maximum atomic E-state index is 12.1. The van der Waals surface area contributed by atoms with Crippen LogP contribution in [-0.2, 0) is 0 Å². The highest BCUT2D eigenvalue weighted by atomic mass is 19.4. The molecule has 1 unspecified atom stereocenters. The van der Waals surface area contributed by atoms with Crippen LogP contribution in [0.5, 0.6) is 5.88 Å². The van der Waals surface area contributed by atoms with Crippen LogP contribution in [0.2, 0.25) is 0 Å². The Labute approximate surface area is 142 Å². The predicted octanol–water partition coefficient (Wildman–Crippen LogP) is 2.88. The van der Waals surface area contributed by atoms with Crippen molar-refractivity contribution in [3.63, 3.8) is 0 Å². The Kier molecular flexibility index (Phi) is 5.79. The first-order valence-electron chi connectivity index (χ1n) is 7.42. The van der Waals surface area contributed by atoms with Gasteiger partial charge in [0.1, 0.15) is 5.82 Å². The van der Waals surface area contributed by atoms with Gasteiger partial charge in [-0.2, -0.15) is 13.2 Å². The van der Waals surface area contributed by atoms with Crippen LogP contribution in [0.15, 0.2) is 36.7 Å². The van der Waals surface area contributed by atoms with Gasteiger partial charge in [-0.15, -0.1) is 0 Å². The number of nitrogens with zero attached hydrogens (tertiary/aromatic N) is 2. The molecule has 2 aromatic heterocycles. The van der Waals surface area contributed by atoms with Gasteiger partial charge in [0.2, 0.25) is 5.88 Å². The lowest BCUT2D eigenvalue weighted by Gasteiger charge is -2.15. The summed E-state index contributed by atoms with van der Waals surface area (Å²) in [5, 5.41) is 2.77. The van der Waals surface area contributed by atoms with E-state index < -0.39 is 19.2 Å². The van der Waals surface area contributed by atoms with Gasteiger partial charge in [0.15, 0.2) is 0 Å². The van der Waals surface area contributed by atoms with Gasteiger partial charge in [0.25, 0.3) is 5.91 Å². The molecule has 6 nitrogen and oxygen atoms in total. The number of anilines is 1. The molecule has 0 saturated carbocycles. The highest BCUT2D eigenvalue weighted by Gasteiger charge is 2.26. The number of rotatable bonds is 6. The molecule has 1 atom stereocenters. The fourth-order valence-electron chi connectivity index (χ4n) is 1.96. The van der Waals surface area contributed by atoms with Gasteiger partial charge in [-0.05, 0) is 24.6 Å². The minimum Gasteiger partial charge on any atom is -0.477 e. The molecule has 2 rings (SSSR count). The van der Waals surface area contributed by atoms with Crippen molar-refractivity contribution in [2.75, 3.05) is 12.3 Å². The number of nitrogens with one attached hydrogen (secondary N) is 1. The van der Waals surface area contributed by atoms with Crippen LogP contribution >= 0.6 is 0 Å². The van der Waals surface area contributed by atoms with E-state index in [4.69, 9.17) is 10.5 Å². The summed E-state index contributed by atoms with van der Waals surface area (Å²) in [6, 6.07) is 5.71. The van der Waals surface area contributed by atoms with Crippen molar-refractivity contribution in [1.82, 2.24) is 15.3 Å².